The number of hydrogen-bond donors (Lipinski definition) is 0. The minimum Gasteiger partial charge on any atom is -0.309 e. The molecule has 0 unspecified atom stereocenters. The second-order valence-electron chi connectivity index (χ2n) is 3.56. The van der Waals surface area contributed by atoms with Gasteiger partial charge < -0.3 is 4.90 Å². The van der Waals surface area contributed by atoms with Gasteiger partial charge >= 0.3 is 0 Å². The second-order valence-corrected chi connectivity index (χ2v) is 4.63. The number of nitrogens with zero attached hydrogens (tertiary/aromatic N) is 4. The molecular formula is C10H14N4S. The first-order valence-corrected chi connectivity index (χ1v) is 5.83. The Kier molecular flexibility index (Phi) is 3.23. The fourth-order valence-corrected chi connectivity index (χ4v) is 2.27. The van der Waals surface area contributed by atoms with E-state index in [2.05, 4.69) is 29.2 Å². The lowest BCUT2D eigenvalue weighted by atomic mass is 10.5. The summed E-state index contributed by atoms with van der Waals surface area (Å²) < 4.78 is 2.01. The van der Waals surface area contributed by atoms with E-state index in [0.717, 1.165) is 23.1 Å². The van der Waals surface area contributed by atoms with Crippen LogP contribution >= 0.6 is 11.8 Å². The zero-order valence-corrected chi connectivity index (χ0v) is 9.74. The van der Waals surface area contributed by atoms with Gasteiger partial charge in [-0.3, -0.25) is 4.40 Å². The third-order valence-corrected chi connectivity index (χ3v) is 2.98. The Hall–Kier alpha value is -1.07. The van der Waals surface area contributed by atoms with Crippen LogP contribution in [0.3, 0.4) is 0 Å². The molecule has 0 aliphatic heterocycles. The van der Waals surface area contributed by atoms with Crippen LogP contribution in [0.5, 0.6) is 0 Å². The summed E-state index contributed by atoms with van der Waals surface area (Å²) in [4.78, 5) is 2.16. The fraction of sp³-hybridized carbons (Fsp3) is 0.400. The lowest BCUT2D eigenvalue weighted by Gasteiger charge is -2.07. The van der Waals surface area contributed by atoms with E-state index in [1.807, 2.05) is 28.8 Å². The third-order valence-electron chi connectivity index (χ3n) is 2.05. The quantitative estimate of drug-likeness (QED) is 0.732. The Labute approximate surface area is 93.3 Å². The van der Waals surface area contributed by atoms with Crippen LogP contribution in [0.25, 0.3) is 5.65 Å². The zero-order chi connectivity index (χ0) is 10.7. The molecule has 2 rings (SSSR count). The molecule has 0 atom stereocenters. The molecule has 2 heterocycles. The minimum absolute atomic E-state index is 0.907. The van der Waals surface area contributed by atoms with Gasteiger partial charge in [0.05, 0.1) is 0 Å². The van der Waals surface area contributed by atoms with Crippen molar-refractivity contribution in [2.75, 3.05) is 26.4 Å². The third kappa shape index (κ3) is 2.49. The smallest absolute Gasteiger partial charge is 0.195 e. The van der Waals surface area contributed by atoms with Gasteiger partial charge in [-0.1, -0.05) is 17.8 Å². The van der Waals surface area contributed by atoms with Gasteiger partial charge in [0, 0.05) is 18.5 Å². The summed E-state index contributed by atoms with van der Waals surface area (Å²) in [6, 6.07) is 5.92. The molecule has 0 amide bonds. The largest absolute Gasteiger partial charge is 0.309 e. The monoisotopic (exact) mass is 222 g/mol. The highest BCUT2D eigenvalue weighted by Crippen LogP contribution is 2.15. The maximum absolute atomic E-state index is 4.15. The summed E-state index contributed by atoms with van der Waals surface area (Å²) >= 11 is 1.73. The molecule has 0 bridgehead atoms. The summed E-state index contributed by atoms with van der Waals surface area (Å²) in [7, 11) is 4.14. The standard InChI is InChI=1S/C10H14N4S/c1-13(2)7-8-15-10-12-11-9-5-3-4-6-14(9)10/h3-6H,7-8H2,1-2H3. The molecular weight excluding hydrogens is 208 g/mol. The molecule has 0 radical (unpaired) electrons. The van der Waals surface area contributed by atoms with Crippen LogP contribution in [-0.4, -0.2) is 45.9 Å². The number of rotatable bonds is 4. The van der Waals surface area contributed by atoms with Gasteiger partial charge in [0.25, 0.3) is 0 Å². The first-order valence-electron chi connectivity index (χ1n) is 4.84. The Morgan fingerprint density at radius 2 is 2.20 bits per heavy atom. The summed E-state index contributed by atoms with van der Waals surface area (Å²) in [6.07, 6.45) is 1.99. The predicted octanol–water partition coefficient (Wildman–Crippen LogP) is 1.38. The van der Waals surface area contributed by atoms with E-state index in [-0.39, 0.29) is 0 Å². The number of thioether (sulfide) groups is 1. The SMILES string of the molecule is CN(C)CCSc1nnc2ccccn12. The van der Waals surface area contributed by atoms with Crippen LogP contribution in [0.2, 0.25) is 0 Å². The molecule has 15 heavy (non-hydrogen) atoms. The molecule has 0 saturated heterocycles. The first kappa shape index (κ1) is 10.4. The number of aromatic nitrogens is 3. The van der Waals surface area contributed by atoms with Crippen molar-refractivity contribution < 1.29 is 0 Å². The maximum atomic E-state index is 4.15. The highest BCUT2D eigenvalue weighted by Gasteiger charge is 2.04. The molecule has 0 fully saturated rings. The Morgan fingerprint density at radius 1 is 1.33 bits per heavy atom. The normalized spacial score (nSPS) is 11.4. The molecule has 80 valence electrons. The van der Waals surface area contributed by atoms with Gasteiger partial charge in [-0.2, -0.15) is 0 Å². The van der Waals surface area contributed by atoms with Crippen LogP contribution in [0.15, 0.2) is 29.6 Å². The van der Waals surface area contributed by atoms with Crippen molar-refractivity contribution in [1.29, 1.82) is 0 Å². The van der Waals surface area contributed by atoms with Crippen LogP contribution in [0, 0.1) is 0 Å². The van der Waals surface area contributed by atoms with E-state index in [0.29, 0.717) is 0 Å². The van der Waals surface area contributed by atoms with Gasteiger partial charge in [-0.25, -0.2) is 0 Å². The van der Waals surface area contributed by atoms with E-state index < -0.39 is 0 Å². The summed E-state index contributed by atoms with van der Waals surface area (Å²) in [5, 5.41) is 9.21. The molecule has 0 spiro atoms. The van der Waals surface area contributed by atoms with Crippen LogP contribution in [-0.2, 0) is 0 Å². The Bertz CT molecular complexity index is 438. The Morgan fingerprint density at radius 3 is 3.00 bits per heavy atom. The molecule has 2 aromatic rings. The molecule has 0 N–H and O–H groups in total. The van der Waals surface area contributed by atoms with E-state index in [9.17, 15) is 0 Å². The summed E-state index contributed by atoms with van der Waals surface area (Å²) in [5.74, 6) is 1.03. The van der Waals surface area contributed by atoms with Crippen LogP contribution in [0.1, 0.15) is 0 Å². The van der Waals surface area contributed by atoms with E-state index in [4.69, 9.17) is 0 Å². The number of fused-ring (bicyclic) bond motifs is 1. The first-order chi connectivity index (χ1) is 7.27. The van der Waals surface area contributed by atoms with Gasteiger partial charge in [0.15, 0.2) is 10.8 Å². The van der Waals surface area contributed by atoms with E-state index in [1.165, 1.54) is 0 Å². The average Bonchev–Trinajstić information content (AvgIpc) is 2.62. The molecule has 5 heteroatoms. The van der Waals surface area contributed by atoms with E-state index in [1.54, 1.807) is 11.8 Å². The van der Waals surface area contributed by atoms with Crippen LogP contribution < -0.4 is 0 Å². The summed E-state index contributed by atoms with van der Waals surface area (Å²) in [6.45, 7) is 1.05. The Balaban J connectivity index is 2.08. The fourth-order valence-electron chi connectivity index (χ4n) is 1.24. The van der Waals surface area contributed by atoms with Crippen molar-refractivity contribution in [3.05, 3.63) is 24.4 Å². The highest BCUT2D eigenvalue weighted by molar-refractivity contribution is 7.99. The minimum atomic E-state index is 0.907. The van der Waals surface area contributed by atoms with Crippen LogP contribution in [0.4, 0.5) is 0 Å². The van der Waals surface area contributed by atoms with Crippen molar-refractivity contribution in [3.63, 3.8) is 0 Å². The van der Waals surface area contributed by atoms with Crippen molar-refractivity contribution in [2.24, 2.45) is 0 Å². The predicted molar refractivity (Wildman–Crippen MR) is 62.3 cm³/mol. The van der Waals surface area contributed by atoms with Gasteiger partial charge in [0.1, 0.15) is 0 Å². The number of hydrogen-bond acceptors (Lipinski definition) is 4. The molecule has 0 saturated carbocycles. The number of pyridine rings is 1. The van der Waals surface area contributed by atoms with Crippen molar-refractivity contribution >= 4 is 17.4 Å². The van der Waals surface area contributed by atoms with Crippen molar-refractivity contribution in [2.45, 2.75) is 5.16 Å². The average molecular weight is 222 g/mol. The van der Waals surface area contributed by atoms with Gasteiger partial charge in [-0.05, 0) is 26.2 Å². The topological polar surface area (TPSA) is 33.4 Å². The van der Waals surface area contributed by atoms with Crippen molar-refractivity contribution in [3.8, 4) is 0 Å². The maximum Gasteiger partial charge on any atom is 0.195 e. The molecule has 0 aromatic carbocycles. The van der Waals surface area contributed by atoms with Crippen molar-refractivity contribution in [1.82, 2.24) is 19.5 Å². The molecule has 4 nitrogen and oxygen atoms in total. The van der Waals surface area contributed by atoms with E-state index >= 15 is 0 Å². The zero-order valence-electron chi connectivity index (χ0n) is 8.92. The molecule has 2 aromatic heterocycles. The summed E-state index contributed by atoms with van der Waals surface area (Å²) in [5.41, 5.74) is 0.907. The van der Waals surface area contributed by atoms with Gasteiger partial charge in [0.2, 0.25) is 0 Å². The lowest BCUT2D eigenvalue weighted by Crippen LogP contribution is -2.14. The molecule has 0 aliphatic carbocycles. The highest BCUT2D eigenvalue weighted by atomic mass is 32.2. The second kappa shape index (κ2) is 4.63. The van der Waals surface area contributed by atoms with Gasteiger partial charge in [-0.15, -0.1) is 10.2 Å². The molecule has 0 aliphatic rings. The lowest BCUT2D eigenvalue weighted by molar-refractivity contribution is 0.437.